The van der Waals surface area contributed by atoms with E-state index in [0.717, 1.165) is 19.5 Å². The van der Waals surface area contributed by atoms with Crippen LogP contribution in [-0.2, 0) is 14.8 Å². The molecule has 1 heterocycles. The van der Waals surface area contributed by atoms with Crippen LogP contribution in [0.15, 0.2) is 29.2 Å². The van der Waals surface area contributed by atoms with Gasteiger partial charge >= 0.3 is 0 Å². The van der Waals surface area contributed by atoms with Crippen molar-refractivity contribution in [3.8, 4) is 6.07 Å². The Morgan fingerprint density at radius 2 is 1.91 bits per heavy atom. The molecular formula is C16H23N3O3S. The highest BCUT2D eigenvalue weighted by molar-refractivity contribution is 7.89. The molecule has 2 rings (SSSR count). The van der Waals surface area contributed by atoms with E-state index in [1.165, 1.54) is 24.3 Å². The SMILES string of the molecule is CC[C@](C)(CNS(=O)(=O)c1ccc(C#N)cc1)N1CCOCC1. The van der Waals surface area contributed by atoms with Crippen molar-refractivity contribution in [1.82, 2.24) is 9.62 Å². The standard InChI is InChI=1S/C16H23N3O3S/c1-3-16(2,19-8-10-22-11-9-19)13-18-23(20,21)15-6-4-14(12-17)5-7-15/h4-7,18H,3,8-11,13H2,1-2H3/t16-/m1/s1. The van der Waals surface area contributed by atoms with E-state index in [1.807, 2.05) is 6.07 Å². The summed E-state index contributed by atoms with van der Waals surface area (Å²) in [6, 6.07) is 7.91. The molecule has 0 aliphatic carbocycles. The minimum absolute atomic E-state index is 0.178. The number of morpholine rings is 1. The van der Waals surface area contributed by atoms with E-state index in [9.17, 15) is 8.42 Å². The van der Waals surface area contributed by atoms with Crippen LogP contribution >= 0.6 is 0 Å². The number of rotatable bonds is 6. The van der Waals surface area contributed by atoms with E-state index >= 15 is 0 Å². The van der Waals surface area contributed by atoms with Gasteiger partial charge < -0.3 is 4.74 Å². The van der Waals surface area contributed by atoms with Crippen molar-refractivity contribution in [3.05, 3.63) is 29.8 Å². The molecule has 1 atom stereocenters. The molecule has 0 spiro atoms. The van der Waals surface area contributed by atoms with Gasteiger partial charge in [0.05, 0.1) is 29.7 Å². The molecule has 0 radical (unpaired) electrons. The molecule has 1 aliphatic heterocycles. The van der Waals surface area contributed by atoms with Crippen LogP contribution in [0.3, 0.4) is 0 Å². The number of nitrogens with zero attached hydrogens (tertiary/aromatic N) is 2. The number of ether oxygens (including phenoxy) is 1. The van der Waals surface area contributed by atoms with Crippen LogP contribution in [0.1, 0.15) is 25.8 Å². The maximum absolute atomic E-state index is 12.4. The Kier molecular flexibility index (Phi) is 5.76. The summed E-state index contributed by atoms with van der Waals surface area (Å²) in [5.74, 6) is 0. The molecule has 23 heavy (non-hydrogen) atoms. The minimum atomic E-state index is -3.58. The highest BCUT2D eigenvalue weighted by Gasteiger charge is 2.32. The first-order valence-corrected chi connectivity index (χ1v) is 9.22. The highest BCUT2D eigenvalue weighted by atomic mass is 32.2. The van der Waals surface area contributed by atoms with Crippen LogP contribution in [0.5, 0.6) is 0 Å². The number of nitriles is 1. The van der Waals surface area contributed by atoms with Crippen LogP contribution in [0.25, 0.3) is 0 Å². The zero-order valence-electron chi connectivity index (χ0n) is 13.6. The summed E-state index contributed by atoms with van der Waals surface area (Å²) >= 11 is 0. The summed E-state index contributed by atoms with van der Waals surface area (Å²) in [4.78, 5) is 2.45. The van der Waals surface area contributed by atoms with Gasteiger partial charge in [0.2, 0.25) is 10.0 Å². The largest absolute Gasteiger partial charge is 0.379 e. The van der Waals surface area contributed by atoms with Crippen molar-refractivity contribution in [3.63, 3.8) is 0 Å². The predicted molar refractivity (Wildman–Crippen MR) is 87.4 cm³/mol. The number of nitrogens with one attached hydrogen (secondary N) is 1. The van der Waals surface area contributed by atoms with Crippen LogP contribution in [0.4, 0.5) is 0 Å². The zero-order valence-corrected chi connectivity index (χ0v) is 14.4. The van der Waals surface area contributed by atoms with Gasteiger partial charge in [-0.3, -0.25) is 4.90 Å². The molecule has 0 saturated carbocycles. The lowest BCUT2D eigenvalue weighted by molar-refractivity contribution is -0.0157. The summed E-state index contributed by atoms with van der Waals surface area (Å²) in [5.41, 5.74) is 0.194. The molecule has 1 N–H and O–H groups in total. The smallest absolute Gasteiger partial charge is 0.240 e. The van der Waals surface area contributed by atoms with Gasteiger partial charge in [-0.2, -0.15) is 5.26 Å². The van der Waals surface area contributed by atoms with Gasteiger partial charge in [-0.1, -0.05) is 6.92 Å². The second-order valence-electron chi connectivity index (χ2n) is 5.91. The number of benzene rings is 1. The van der Waals surface area contributed by atoms with Crippen LogP contribution in [-0.4, -0.2) is 51.7 Å². The molecule has 1 aromatic rings. The quantitative estimate of drug-likeness (QED) is 0.847. The minimum Gasteiger partial charge on any atom is -0.379 e. The maximum Gasteiger partial charge on any atom is 0.240 e. The van der Waals surface area contributed by atoms with Crippen molar-refractivity contribution in [1.29, 1.82) is 5.26 Å². The van der Waals surface area contributed by atoms with Gasteiger partial charge in [0.1, 0.15) is 0 Å². The van der Waals surface area contributed by atoms with Gasteiger partial charge in [-0.15, -0.1) is 0 Å². The molecule has 0 bridgehead atoms. The molecule has 126 valence electrons. The normalized spacial score (nSPS) is 19.0. The van der Waals surface area contributed by atoms with Crippen LogP contribution in [0, 0.1) is 11.3 Å². The first-order chi connectivity index (χ1) is 10.9. The predicted octanol–water partition coefficient (Wildman–Crippen LogP) is 1.34. The van der Waals surface area contributed by atoms with Crippen molar-refractivity contribution in [2.45, 2.75) is 30.7 Å². The monoisotopic (exact) mass is 337 g/mol. The number of hydrogen-bond donors (Lipinski definition) is 1. The van der Waals surface area contributed by atoms with Crippen LogP contribution in [0.2, 0.25) is 0 Å². The first-order valence-electron chi connectivity index (χ1n) is 7.74. The summed E-state index contributed by atoms with van der Waals surface area (Å²) < 4.78 is 33.0. The fourth-order valence-corrected chi connectivity index (χ4v) is 3.77. The van der Waals surface area contributed by atoms with Crippen molar-refractivity contribution < 1.29 is 13.2 Å². The van der Waals surface area contributed by atoms with Gasteiger partial charge in [0, 0.05) is 25.2 Å². The Balaban J connectivity index is 2.08. The van der Waals surface area contributed by atoms with E-state index in [2.05, 4.69) is 23.5 Å². The van der Waals surface area contributed by atoms with E-state index < -0.39 is 10.0 Å². The molecule has 7 heteroatoms. The first kappa shape index (κ1) is 17.9. The second-order valence-corrected chi connectivity index (χ2v) is 7.68. The van der Waals surface area contributed by atoms with Crippen molar-refractivity contribution >= 4 is 10.0 Å². The number of hydrogen-bond acceptors (Lipinski definition) is 5. The Morgan fingerprint density at radius 3 is 2.43 bits per heavy atom. The van der Waals surface area contributed by atoms with Gasteiger partial charge in [0.15, 0.2) is 0 Å². The molecule has 1 fully saturated rings. The fourth-order valence-electron chi connectivity index (χ4n) is 2.61. The molecule has 1 saturated heterocycles. The van der Waals surface area contributed by atoms with Crippen molar-refractivity contribution in [2.24, 2.45) is 0 Å². The molecule has 1 aliphatic rings. The molecule has 6 nitrogen and oxygen atoms in total. The summed E-state index contributed by atoms with van der Waals surface area (Å²) in [5, 5.41) is 8.79. The number of sulfonamides is 1. The van der Waals surface area contributed by atoms with E-state index in [4.69, 9.17) is 10.00 Å². The third kappa shape index (κ3) is 4.30. The Morgan fingerprint density at radius 1 is 1.30 bits per heavy atom. The van der Waals surface area contributed by atoms with Crippen molar-refractivity contribution in [2.75, 3.05) is 32.8 Å². The Hall–Kier alpha value is -1.46. The zero-order chi connectivity index (χ0) is 16.9. The summed E-state index contributed by atoms with van der Waals surface area (Å²) in [7, 11) is -3.58. The average molecular weight is 337 g/mol. The molecular weight excluding hydrogens is 314 g/mol. The fraction of sp³-hybridized carbons (Fsp3) is 0.562. The van der Waals surface area contributed by atoms with E-state index in [-0.39, 0.29) is 10.4 Å². The Labute approximate surface area is 138 Å². The van der Waals surface area contributed by atoms with Gasteiger partial charge in [-0.05, 0) is 37.6 Å². The molecule has 0 aromatic heterocycles. The third-order valence-electron chi connectivity index (χ3n) is 4.47. The average Bonchev–Trinajstić information content (AvgIpc) is 2.60. The Bertz CT molecular complexity index is 661. The highest BCUT2D eigenvalue weighted by Crippen LogP contribution is 2.21. The lowest BCUT2D eigenvalue weighted by atomic mass is 9.96. The van der Waals surface area contributed by atoms with Gasteiger partial charge in [-0.25, -0.2) is 13.1 Å². The summed E-state index contributed by atoms with van der Waals surface area (Å²) in [6.07, 6.45) is 0.836. The van der Waals surface area contributed by atoms with Gasteiger partial charge in [0.25, 0.3) is 0 Å². The molecule has 1 aromatic carbocycles. The molecule has 0 amide bonds. The second kappa shape index (κ2) is 7.41. The van der Waals surface area contributed by atoms with Crippen LogP contribution < -0.4 is 4.72 Å². The molecule has 0 unspecified atom stereocenters. The summed E-state index contributed by atoms with van der Waals surface area (Å²) in [6.45, 7) is 7.44. The van der Waals surface area contributed by atoms with E-state index in [0.29, 0.717) is 25.3 Å². The topological polar surface area (TPSA) is 82.4 Å². The maximum atomic E-state index is 12.4. The van der Waals surface area contributed by atoms with E-state index in [1.54, 1.807) is 0 Å². The lowest BCUT2D eigenvalue weighted by Gasteiger charge is -2.43. The third-order valence-corrected chi connectivity index (χ3v) is 5.89. The lowest BCUT2D eigenvalue weighted by Crippen LogP contribution is -2.56.